The van der Waals surface area contributed by atoms with E-state index in [1.807, 2.05) is 24.3 Å². The fraction of sp³-hybridized carbons (Fsp3) is 0.409. The highest BCUT2D eigenvalue weighted by molar-refractivity contribution is 5.92. The van der Waals surface area contributed by atoms with Crippen LogP contribution in [0.25, 0.3) is 0 Å². The van der Waals surface area contributed by atoms with Gasteiger partial charge < -0.3 is 25.6 Å². The largest absolute Gasteiger partial charge is 0.490 e. The molecule has 0 bridgehead atoms. The lowest BCUT2D eigenvalue weighted by Gasteiger charge is -2.46. The molecule has 2 aromatic rings. The van der Waals surface area contributed by atoms with E-state index >= 15 is 0 Å². The molecule has 1 fully saturated rings. The number of ether oxygens (including phenoxy) is 2. The van der Waals surface area contributed by atoms with E-state index in [1.54, 1.807) is 0 Å². The zero-order valence-electron chi connectivity index (χ0n) is 15.9. The third-order valence-electron chi connectivity index (χ3n) is 5.57. The number of benzene rings is 2. The summed E-state index contributed by atoms with van der Waals surface area (Å²) in [6, 6.07) is 16.1. The molecule has 0 spiro atoms. The van der Waals surface area contributed by atoms with Crippen molar-refractivity contribution in [1.82, 2.24) is 0 Å². The van der Waals surface area contributed by atoms with E-state index in [2.05, 4.69) is 34.6 Å². The fourth-order valence-corrected chi connectivity index (χ4v) is 3.94. The molecule has 2 aromatic carbocycles. The Morgan fingerprint density at radius 3 is 2.61 bits per heavy atom. The Bertz CT molecular complexity index is 832. The van der Waals surface area contributed by atoms with Crippen LogP contribution in [0.1, 0.15) is 30.7 Å². The Morgan fingerprint density at radius 2 is 1.86 bits per heavy atom. The summed E-state index contributed by atoms with van der Waals surface area (Å²) in [7, 11) is 0. The summed E-state index contributed by atoms with van der Waals surface area (Å²) in [6.07, 6.45) is 2.72. The van der Waals surface area contributed by atoms with Gasteiger partial charge in [-0.15, -0.1) is 0 Å². The molecule has 6 nitrogen and oxygen atoms in total. The third kappa shape index (κ3) is 4.07. The number of nitrogens with two attached hydrogens (primary N) is 1. The molecule has 0 saturated heterocycles. The molecule has 4 rings (SSSR count). The van der Waals surface area contributed by atoms with Crippen LogP contribution in [0.4, 0.5) is 5.69 Å². The number of hydrogen-bond donors (Lipinski definition) is 3. The average Bonchev–Trinajstić information content (AvgIpc) is 2.93. The van der Waals surface area contributed by atoms with E-state index in [9.17, 15) is 5.11 Å². The predicted molar refractivity (Wildman–Crippen MR) is 110 cm³/mol. The number of aliphatic hydroxyl groups excluding tert-OH is 1. The van der Waals surface area contributed by atoms with Crippen LogP contribution in [-0.2, 0) is 0 Å². The molecule has 2 aliphatic rings. The van der Waals surface area contributed by atoms with E-state index in [-0.39, 0.29) is 12.0 Å². The van der Waals surface area contributed by atoms with Gasteiger partial charge in [0.2, 0.25) is 0 Å². The summed E-state index contributed by atoms with van der Waals surface area (Å²) < 4.78 is 11.3. The molecule has 0 aromatic heterocycles. The number of fused-ring (bicyclic) bond motifs is 1. The van der Waals surface area contributed by atoms with Crippen molar-refractivity contribution >= 4 is 11.6 Å². The Balaban J connectivity index is 1.36. The van der Waals surface area contributed by atoms with Gasteiger partial charge in [-0.2, -0.15) is 0 Å². The normalized spacial score (nSPS) is 24.2. The van der Waals surface area contributed by atoms with Gasteiger partial charge in [0, 0.05) is 23.6 Å². The lowest BCUT2D eigenvalue weighted by molar-refractivity contribution is 0.0342. The first-order chi connectivity index (χ1) is 13.7. The van der Waals surface area contributed by atoms with Crippen LogP contribution in [-0.4, -0.2) is 37.4 Å². The minimum atomic E-state index is -0.183. The predicted octanol–water partition coefficient (Wildman–Crippen LogP) is 3.13. The number of hydrogen-bond acceptors (Lipinski definition) is 4. The van der Waals surface area contributed by atoms with Gasteiger partial charge in [-0.1, -0.05) is 30.3 Å². The molecule has 0 atom stereocenters. The maximum Gasteiger partial charge on any atom is 0.193 e. The molecule has 1 saturated carbocycles. The Morgan fingerprint density at radius 1 is 1.11 bits per heavy atom. The summed E-state index contributed by atoms with van der Waals surface area (Å²) in [6.45, 7) is 1.94. The Labute approximate surface area is 165 Å². The van der Waals surface area contributed by atoms with Crippen molar-refractivity contribution in [3.8, 4) is 11.5 Å². The number of nitrogens with zero attached hydrogens (tertiary/aromatic N) is 1. The van der Waals surface area contributed by atoms with E-state index in [0.717, 1.165) is 30.7 Å². The lowest BCUT2D eigenvalue weighted by atomic mass is 9.60. The number of aliphatic imine (C=N–C) groups is 1. The van der Waals surface area contributed by atoms with Crippen molar-refractivity contribution < 1.29 is 14.6 Å². The van der Waals surface area contributed by atoms with Crippen LogP contribution in [0.5, 0.6) is 11.5 Å². The van der Waals surface area contributed by atoms with E-state index in [1.165, 1.54) is 5.56 Å². The summed E-state index contributed by atoms with van der Waals surface area (Å²) in [5, 5.41) is 13.0. The van der Waals surface area contributed by atoms with Crippen LogP contribution < -0.4 is 20.5 Å². The molecule has 0 unspecified atom stereocenters. The summed E-state index contributed by atoms with van der Waals surface area (Å²) >= 11 is 0. The van der Waals surface area contributed by atoms with Gasteiger partial charge in [0.15, 0.2) is 17.5 Å². The minimum absolute atomic E-state index is 0.122. The van der Waals surface area contributed by atoms with Gasteiger partial charge in [0.05, 0.1) is 26.4 Å². The molecule has 6 heteroatoms. The van der Waals surface area contributed by atoms with Gasteiger partial charge in [-0.25, -0.2) is 0 Å². The maximum atomic E-state index is 9.90. The van der Waals surface area contributed by atoms with Gasteiger partial charge in [-0.05, 0) is 36.5 Å². The van der Waals surface area contributed by atoms with Crippen molar-refractivity contribution in [1.29, 1.82) is 0 Å². The standard InChI is InChI=1S/C22H27N3O3/c23-21(25-18-7-8-19-20(11-18)28-10-4-9-27-19)24-14-22(15-26)12-17(13-22)16-5-2-1-3-6-16/h1-3,5-8,11,17,26H,4,9-10,12-15H2,(H3,23,24,25). The number of anilines is 1. The molecule has 0 amide bonds. The SMILES string of the molecule is NC(=NCC1(CO)CC(c2ccccc2)C1)Nc1ccc2c(c1)OCCCO2. The van der Waals surface area contributed by atoms with Gasteiger partial charge in [-0.3, -0.25) is 4.99 Å². The molecule has 28 heavy (non-hydrogen) atoms. The molecule has 1 aliphatic carbocycles. The van der Waals surface area contributed by atoms with Crippen LogP contribution in [0.3, 0.4) is 0 Å². The monoisotopic (exact) mass is 381 g/mol. The topological polar surface area (TPSA) is 89.1 Å². The first-order valence-corrected chi connectivity index (χ1v) is 9.80. The van der Waals surface area contributed by atoms with Gasteiger partial charge in [0.25, 0.3) is 0 Å². The molecule has 4 N–H and O–H groups in total. The summed E-state index contributed by atoms with van der Waals surface area (Å²) in [5.41, 5.74) is 8.03. The lowest BCUT2D eigenvalue weighted by Crippen LogP contribution is -2.42. The quantitative estimate of drug-likeness (QED) is 0.547. The zero-order chi connectivity index (χ0) is 19.4. The fourth-order valence-electron chi connectivity index (χ4n) is 3.94. The number of rotatable bonds is 5. The highest BCUT2D eigenvalue weighted by Gasteiger charge is 2.44. The highest BCUT2D eigenvalue weighted by atomic mass is 16.5. The number of guanidine groups is 1. The summed E-state index contributed by atoms with van der Waals surface area (Å²) in [5.74, 6) is 2.29. The zero-order valence-corrected chi connectivity index (χ0v) is 15.9. The number of nitrogens with one attached hydrogen (secondary N) is 1. The second-order valence-electron chi connectivity index (χ2n) is 7.71. The van der Waals surface area contributed by atoms with Crippen molar-refractivity contribution in [2.24, 2.45) is 16.1 Å². The van der Waals surface area contributed by atoms with Crippen molar-refractivity contribution in [3.05, 3.63) is 54.1 Å². The van der Waals surface area contributed by atoms with Crippen molar-refractivity contribution in [3.63, 3.8) is 0 Å². The summed E-state index contributed by atoms with van der Waals surface area (Å²) in [4.78, 5) is 4.49. The minimum Gasteiger partial charge on any atom is -0.490 e. The molecule has 1 aliphatic heterocycles. The van der Waals surface area contributed by atoms with Crippen molar-refractivity contribution in [2.45, 2.75) is 25.2 Å². The van der Waals surface area contributed by atoms with Gasteiger partial charge in [0.1, 0.15) is 0 Å². The van der Waals surface area contributed by atoms with Crippen molar-refractivity contribution in [2.75, 3.05) is 31.7 Å². The first-order valence-electron chi connectivity index (χ1n) is 9.80. The van der Waals surface area contributed by atoms with Gasteiger partial charge >= 0.3 is 0 Å². The van der Waals surface area contributed by atoms with Crippen LogP contribution in [0.2, 0.25) is 0 Å². The molecule has 1 heterocycles. The Kier molecular flexibility index (Phi) is 5.39. The van der Waals surface area contributed by atoms with E-state index in [0.29, 0.717) is 37.4 Å². The Hall–Kier alpha value is -2.73. The molecule has 0 radical (unpaired) electrons. The first kappa shape index (κ1) is 18.6. The smallest absolute Gasteiger partial charge is 0.193 e. The highest BCUT2D eigenvalue weighted by Crippen LogP contribution is 2.51. The molecule has 148 valence electrons. The third-order valence-corrected chi connectivity index (χ3v) is 5.57. The molecular formula is C22H27N3O3. The molecular weight excluding hydrogens is 354 g/mol. The number of aliphatic hydroxyl groups is 1. The second kappa shape index (κ2) is 8.10. The van der Waals surface area contributed by atoms with E-state index in [4.69, 9.17) is 15.2 Å². The van der Waals surface area contributed by atoms with Crippen LogP contribution >= 0.6 is 0 Å². The van der Waals surface area contributed by atoms with Crippen LogP contribution in [0.15, 0.2) is 53.5 Å². The maximum absolute atomic E-state index is 9.90. The van der Waals surface area contributed by atoms with E-state index < -0.39 is 0 Å². The van der Waals surface area contributed by atoms with Crippen LogP contribution in [0, 0.1) is 5.41 Å². The average molecular weight is 381 g/mol. The second-order valence-corrected chi connectivity index (χ2v) is 7.71.